The Morgan fingerprint density at radius 2 is 2.17 bits per heavy atom. The Labute approximate surface area is 151 Å². The molecule has 1 aromatic carbocycles. The number of ether oxygens (including phenoxy) is 1. The first-order valence-corrected chi connectivity index (χ1v) is 9.47. The van der Waals surface area contributed by atoms with Crippen LogP contribution in [0.4, 0.5) is 11.8 Å². The van der Waals surface area contributed by atoms with Gasteiger partial charge in [0.1, 0.15) is 5.82 Å². The van der Waals surface area contributed by atoms with E-state index in [9.17, 15) is 0 Å². The van der Waals surface area contributed by atoms with E-state index in [1.54, 1.807) is 11.8 Å². The van der Waals surface area contributed by atoms with Crippen LogP contribution in [0.15, 0.2) is 29.2 Å². The topological polar surface area (TPSA) is 64.3 Å². The summed E-state index contributed by atoms with van der Waals surface area (Å²) in [6.07, 6.45) is 2.97. The third-order valence-electron chi connectivity index (χ3n) is 4.06. The van der Waals surface area contributed by atoms with Gasteiger partial charge < -0.3 is 15.4 Å². The van der Waals surface area contributed by atoms with Crippen LogP contribution in [-0.4, -0.2) is 36.0 Å². The molecule has 1 aliphatic rings. The number of nitrogens with zero attached hydrogens (tertiary/aromatic N) is 3. The lowest BCUT2D eigenvalue weighted by atomic mass is 10.1. The zero-order valence-corrected chi connectivity index (χ0v) is 15.4. The summed E-state index contributed by atoms with van der Waals surface area (Å²) in [6.45, 7) is 4.06. The number of anilines is 2. The number of halogens is 1. The number of benzene rings is 1. The quantitative estimate of drug-likeness (QED) is 0.837. The van der Waals surface area contributed by atoms with E-state index in [0.717, 1.165) is 46.6 Å². The fourth-order valence-corrected chi connectivity index (χ4v) is 3.75. The van der Waals surface area contributed by atoms with Crippen LogP contribution in [0.25, 0.3) is 0 Å². The largest absolute Gasteiger partial charge is 0.379 e. The molecule has 0 spiro atoms. The van der Waals surface area contributed by atoms with Crippen LogP contribution < -0.4 is 10.6 Å². The lowest BCUT2D eigenvalue weighted by Crippen LogP contribution is -2.32. The lowest BCUT2D eigenvalue weighted by molar-refractivity contribution is 0.134. The molecule has 1 fully saturated rings. The summed E-state index contributed by atoms with van der Waals surface area (Å²) >= 11 is 8.23. The van der Waals surface area contributed by atoms with E-state index in [0.29, 0.717) is 6.61 Å². The molecule has 5 nitrogen and oxygen atoms in total. The highest BCUT2D eigenvalue weighted by molar-refractivity contribution is 7.98. The SMILES string of the molecule is CSc1ccc([C@H]2COCCCN2c2cc(C)nc(N)n2)c(Cl)c1. The van der Waals surface area contributed by atoms with Gasteiger partial charge >= 0.3 is 0 Å². The number of hydrogen-bond acceptors (Lipinski definition) is 6. The molecule has 24 heavy (non-hydrogen) atoms. The number of thioether (sulfide) groups is 1. The summed E-state index contributed by atoms with van der Waals surface area (Å²) < 4.78 is 5.81. The van der Waals surface area contributed by atoms with E-state index in [4.69, 9.17) is 22.1 Å². The van der Waals surface area contributed by atoms with Crippen molar-refractivity contribution in [1.29, 1.82) is 0 Å². The molecule has 3 rings (SSSR count). The maximum Gasteiger partial charge on any atom is 0.222 e. The molecule has 0 saturated carbocycles. The molecule has 2 heterocycles. The van der Waals surface area contributed by atoms with Gasteiger partial charge in [0.2, 0.25) is 5.95 Å². The second-order valence-corrected chi connectivity index (χ2v) is 7.04. The minimum atomic E-state index is 0.00426. The second kappa shape index (κ2) is 7.59. The monoisotopic (exact) mass is 364 g/mol. The van der Waals surface area contributed by atoms with Gasteiger partial charge in [-0.05, 0) is 37.3 Å². The van der Waals surface area contributed by atoms with Crippen molar-refractivity contribution in [1.82, 2.24) is 9.97 Å². The average molecular weight is 365 g/mol. The molecule has 2 N–H and O–H groups in total. The molecule has 1 aliphatic heterocycles. The van der Waals surface area contributed by atoms with E-state index < -0.39 is 0 Å². The Bertz CT molecular complexity index is 707. The van der Waals surface area contributed by atoms with E-state index in [1.165, 1.54) is 0 Å². The molecule has 0 unspecified atom stereocenters. The number of aryl methyl sites for hydroxylation is 1. The molecule has 1 saturated heterocycles. The zero-order valence-electron chi connectivity index (χ0n) is 13.8. The van der Waals surface area contributed by atoms with Crippen molar-refractivity contribution >= 4 is 35.1 Å². The number of hydrogen-bond donors (Lipinski definition) is 1. The molecule has 1 aromatic heterocycles. The van der Waals surface area contributed by atoms with Crippen molar-refractivity contribution in [2.45, 2.75) is 24.3 Å². The van der Waals surface area contributed by atoms with Crippen molar-refractivity contribution in [3.05, 3.63) is 40.5 Å². The lowest BCUT2D eigenvalue weighted by Gasteiger charge is -2.31. The van der Waals surface area contributed by atoms with Gasteiger partial charge in [0, 0.05) is 34.8 Å². The highest BCUT2D eigenvalue weighted by Gasteiger charge is 2.26. The Morgan fingerprint density at radius 1 is 1.33 bits per heavy atom. The van der Waals surface area contributed by atoms with Gasteiger partial charge in [-0.3, -0.25) is 0 Å². The van der Waals surface area contributed by atoms with Crippen LogP contribution in [0, 0.1) is 6.92 Å². The van der Waals surface area contributed by atoms with Crippen LogP contribution in [0.5, 0.6) is 0 Å². The number of aromatic nitrogens is 2. The summed E-state index contributed by atoms with van der Waals surface area (Å²) in [5, 5.41) is 0.751. The van der Waals surface area contributed by atoms with Gasteiger partial charge in [-0.2, -0.15) is 4.98 Å². The molecular formula is C17H21ClN4OS. The first-order chi connectivity index (χ1) is 11.6. The van der Waals surface area contributed by atoms with E-state index in [-0.39, 0.29) is 12.0 Å². The van der Waals surface area contributed by atoms with E-state index >= 15 is 0 Å². The summed E-state index contributed by atoms with van der Waals surface area (Å²) in [5.74, 6) is 1.11. The van der Waals surface area contributed by atoms with Gasteiger partial charge in [-0.15, -0.1) is 11.8 Å². The predicted octanol–water partition coefficient (Wildman–Crippen LogP) is 3.71. The maximum absolute atomic E-state index is 6.56. The third kappa shape index (κ3) is 3.77. The summed E-state index contributed by atoms with van der Waals surface area (Å²) in [5.41, 5.74) is 7.75. The maximum atomic E-state index is 6.56. The van der Waals surface area contributed by atoms with Crippen LogP contribution in [0.3, 0.4) is 0 Å². The Hall–Kier alpha value is -1.50. The zero-order chi connectivity index (χ0) is 17.1. The number of nitrogen functional groups attached to an aromatic ring is 1. The molecule has 0 bridgehead atoms. The minimum absolute atomic E-state index is 0.00426. The van der Waals surface area contributed by atoms with Crippen molar-refractivity contribution in [3.8, 4) is 0 Å². The standard InChI is InChI=1S/C17H21ClN4OS/c1-11-8-16(21-17(19)20-11)22-6-3-7-23-10-15(22)13-5-4-12(24-2)9-14(13)18/h4-5,8-9,15H,3,6-7,10H2,1-2H3,(H2,19,20,21)/t15-/m1/s1. The summed E-state index contributed by atoms with van der Waals surface area (Å²) in [7, 11) is 0. The van der Waals surface area contributed by atoms with E-state index in [2.05, 4.69) is 27.0 Å². The molecule has 2 aromatic rings. The molecule has 0 aliphatic carbocycles. The molecule has 7 heteroatoms. The Morgan fingerprint density at radius 3 is 2.88 bits per heavy atom. The molecule has 128 valence electrons. The van der Waals surface area contributed by atoms with Gasteiger partial charge in [0.25, 0.3) is 0 Å². The van der Waals surface area contributed by atoms with Crippen LogP contribution in [0.1, 0.15) is 23.7 Å². The average Bonchev–Trinajstić information content (AvgIpc) is 2.79. The van der Waals surface area contributed by atoms with Gasteiger partial charge in [0.15, 0.2) is 0 Å². The smallest absolute Gasteiger partial charge is 0.222 e. The molecular weight excluding hydrogens is 344 g/mol. The first-order valence-electron chi connectivity index (χ1n) is 7.87. The van der Waals surface area contributed by atoms with Crippen LogP contribution in [-0.2, 0) is 4.74 Å². The number of nitrogens with two attached hydrogens (primary N) is 1. The van der Waals surface area contributed by atoms with Crippen molar-refractivity contribution < 1.29 is 4.74 Å². The first kappa shape index (κ1) is 17.3. The third-order valence-corrected chi connectivity index (χ3v) is 5.11. The molecule has 0 amide bonds. The fourth-order valence-electron chi connectivity index (χ4n) is 2.94. The van der Waals surface area contributed by atoms with Crippen molar-refractivity contribution in [2.24, 2.45) is 0 Å². The highest BCUT2D eigenvalue weighted by atomic mass is 35.5. The Balaban J connectivity index is 2.01. The van der Waals surface area contributed by atoms with Gasteiger partial charge in [-0.25, -0.2) is 4.98 Å². The molecule has 1 atom stereocenters. The van der Waals surface area contributed by atoms with Gasteiger partial charge in [0.05, 0.1) is 12.6 Å². The van der Waals surface area contributed by atoms with Crippen LogP contribution >= 0.6 is 23.4 Å². The Kier molecular flexibility index (Phi) is 5.48. The summed E-state index contributed by atoms with van der Waals surface area (Å²) in [6, 6.07) is 8.14. The minimum Gasteiger partial charge on any atom is -0.379 e. The number of rotatable bonds is 3. The van der Waals surface area contributed by atoms with Crippen LogP contribution in [0.2, 0.25) is 5.02 Å². The second-order valence-electron chi connectivity index (χ2n) is 5.75. The van der Waals surface area contributed by atoms with Crippen molar-refractivity contribution in [3.63, 3.8) is 0 Å². The van der Waals surface area contributed by atoms with Gasteiger partial charge in [-0.1, -0.05) is 17.7 Å². The van der Waals surface area contributed by atoms with Crippen molar-refractivity contribution in [2.75, 3.05) is 36.6 Å². The highest BCUT2D eigenvalue weighted by Crippen LogP contribution is 2.34. The predicted molar refractivity (Wildman–Crippen MR) is 99.9 cm³/mol. The summed E-state index contributed by atoms with van der Waals surface area (Å²) in [4.78, 5) is 12.0. The molecule has 0 radical (unpaired) electrons. The van der Waals surface area contributed by atoms with E-state index in [1.807, 2.05) is 25.3 Å². The fraction of sp³-hybridized carbons (Fsp3) is 0.412. The normalized spacial score (nSPS) is 18.5.